The van der Waals surface area contributed by atoms with Crippen LogP contribution in [0.4, 0.5) is 5.69 Å². The van der Waals surface area contributed by atoms with E-state index in [-0.39, 0.29) is 16.7 Å². The fourth-order valence-corrected chi connectivity index (χ4v) is 3.65. The van der Waals surface area contributed by atoms with Crippen LogP contribution in [0.3, 0.4) is 0 Å². The van der Waals surface area contributed by atoms with Gasteiger partial charge in [-0.1, -0.05) is 12.1 Å². The Kier molecular flexibility index (Phi) is 4.40. The molecule has 3 aromatic heterocycles. The number of nitrogens with one attached hydrogen (secondary N) is 1. The van der Waals surface area contributed by atoms with Crippen LogP contribution in [0.15, 0.2) is 62.8 Å². The molecule has 0 aliphatic carbocycles. The second-order valence-corrected chi connectivity index (χ2v) is 7.10. The van der Waals surface area contributed by atoms with Gasteiger partial charge in [0.25, 0.3) is 11.5 Å². The van der Waals surface area contributed by atoms with Crippen LogP contribution in [0.5, 0.6) is 0 Å². The predicted molar refractivity (Wildman–Crippen MR) is 110 cm³/mol. The average Bonchev–Trinajstić information content (AvgIpc) is 3.25. The van der Waals surface area contributed by atoms with Crippen LogP contribution in [0.2, 0.25) is 0 Å². The highest BCUT2D eigenvalue weighted by Gasteiger charge is 2.14. The topological polar surface area (TPSA) is 86.0 Å². The highest BCUT2D eigenvalue weighted by atomic mass is 32.1. The molecule has 0 spiro atoms. The van der Waals surface area contributed by atoms with E-state index in [1.54, 1.807) is 17.4 Å². The minimum Gasteiger partial charge on any atom is -0.321 e. The first-order valence-electron chi connectivity index (χ1n) is 8.46. The van der Waals surface area contributed by atoms with Crippen molar-refractivity contribution in [1.82, 2.24) is 14.1 Å². The summed E-state index contributed by atoms with van der Waals surface area (Å²) in [4.78, 5) is 41.3. The number of aromatic nitrogens is 3. The van der Waals surface area contributed by atoms with Gasteiger partial charge in [-0.2, -0.15) is 11.3 Å². The van der Waals surface area contributed by atoms with Gasteiger partial charge in [0.05, 0.1) is 5.39 Å². The molecule has 0 radical (unpaired) electrons. The normalized spacial score (nSPS) is 10.9. The number of carbonyl (C=O) groups is 1. The smallest absolute Gasteiger partial charge is 0.321 e. The lowest BCUT2D eigenvalue weighted by Crippen LogP contribution is -2.37. The second-order valence-electron chi connectivity index (χ2n) is 6.32. The molecule has 0 bridgehead atoms. The molecule has 1 N–H and O–H groups in total. The summed E-state index contributed by atoms with van der Waals surface area (Å²) >= 11 is 1.60. The van der Waals surface area contributed by atoms with Crippen molar-refractivity contribution in [2.45, 2.75) is 0 Å². The molecule has 4 aromatic rings. The van der Waals surface area contributed by atoms with E-state index >= 15 is 0 Å². The first kappa shape index (κ1) is 17.9. The number of thiophene rings is 1. The zero-order valence-electron chi connectivity index (χ0n) is 15.2. The second kappa shape index (κ2) is 6.90. The summed E-state index contributed by atoms with van der Waals surface area (Å²) in [5, 5.41) is 7.12. The molecule has 7 nitrogen and oxygen atoms in total. The third-order valence-corrected chi connectivity index (χ3v) is 5.19. The van der Waals surface area contributed by atoms with Gasteiger partial charge in [0.15, 0.2) is 0 Å². The minimum absolute atomic E-state index is 0.122. The lowest BCUT2D eigenvalue weighted by molar-refractivity contribution is 0.102. The van der Waals surface area contributed by atoms with Crippen LogP contribution in [0.25, 0.3) is 22.2 Å². The molecule has 4 rings (SSSR count). The van der Waals surface area contributed by atoms with Gasteiger partial charge in [-0.15, -0.1) is 0 Å². The van der Waals surface area contributed by atoms with E-state index in [1.807, 2.05) is 35.0 Å². The van der Waals surface area contributed by atoms with Crippen LogP contribution in [0.1, 0.15) is 10.5 Å². The van der Waals surface area contributed by atoms with Crippen LogP contribution in [0, 0.1) is 0 Å². The van der Waals surface area contributed by atoms with Crippen molar-refractivity contribution in [3.8, 4) is 11.1 Å². The van der Waals surface area contributed by atoms with E-state index in [0.717, 1.165) is 15.7 Å². The maximum Gasteiger partial charge on any atom is 0.332 e. The summed E-state index contributed by atoms with van der Waals surface area (Å²) in [6.45, 7) is 0. The number of fused-ring (bicyclic) bond motifs is 1. The Balaban J connectivity index is 1.69. The van der Waals surface area contributed by atoms with E-state index in [0.29, 0.717) is 5.69 Å². The number of amides is 1. The van der Waals surface area contributed by atoms with Crippen molar-refractivity contribution in [1.29, 1.82) is 0 Å². The maximum atomic E-state index is 12.7. The quantitative estimate of drug-likeness (QED) is 0.581. The summed E-state index contributed by atoms with van der Waals surface area (Å²) in [6.07, 6.45) is 0. The van der Waals surface area contributed by atoms with Crippen molar-refractivity contribution in [3.05, 3.63) is 79.8 Å². The third-order valence-electron chi connectivity index (χ3n) is 4.51. The molecular formula is C20H16N4O3S. The van der Waals surface area contributed by atoms with Gasteiger partial charge < -0.3 is 5.32 Å². The Labute approximate surface area is 163 Å². The van der Waals surface area contributed by atoms with E-state index in [2.05, 4.69) is 10.3 Å². The van der Waals surface area contributed by atoms with Crippen LogP contribution < -0.4 is 16.6 Å². The standard InChI is InChI=1S/C20H16N4O3S/c1-23-17-15(19(26)24(2)20(23)27)6-7-16(22-17)18(25)21-14-5-3-4-12(10-14)13-8-9-28-11-13/h3-11H,1-2H3,(H,21,25). The van der Waals surface area contributed by atoms with Crippen molar-refractivity contribution < 1.29 is 4.79 Å². The number of benzene rings is 1. The average molecular weight is 392 g/mol. The SMILES string of the molecule is Cn1c(=O)c2ccc(C(=O)Nc3cccc(-c4ccsc4)c3)nc2n(C)c1=O. The van der Waals surface area contributed by atoms with E-state index < -0.39 is 17.2 Å². The Bertz CT molecular complexity index is 1320. The maximum absolute atomic E-state index is 12.7. The lowest BCUT2D eigenvalue weighted by Gasteiger charge is -2.09. The van der Waals surface area contributed by atoms with E-state index in [4.69, 9.17) is 0 Å². The number of nitrogens with zero attached hydrogens (tertiary/aromatic N) is 3. The molecule has 0 saturated carbocycles. The van der Waals surface area contributed by atoms with Crippen molar-refractivity contribution in [2.24, 2.45) is 14.1 Å². The third kappa shape index (κ3) is 3.03. The Morgan fingerprint density at radius 1 is 1.04 bits per heavy atom. The molecule has 8 heteroatoms. The summed E-state index contributed by atoms with van der Waals surface area (Å²) in [5.74, 6) is -0.419. The Morgan fingerprint density at radius 3 is 2.61 bits per heavy atom. The van der Waals surface area contributed by atoms with Gasteiger partial charge in [-0.05, 0) is 52.2 Å². The molecule has 3 heterocycles. The highest BCUT2D eigenvalue weighted by molar-refractivity contribution is 7.08. The number of anilines is 1. The number of rotatable bonds is 3. The lowest BCUT2D eigenvalue weighted by atomic mass is 10.1. The molecule has 0 atom stereocenters. The molecular weight excluding hydrogens is 376 g/mol. The molecule has 1 aromatic carbocycles. The van der Waals surface area contributed by atoms with Crippen molar-refractivity contribution >= 4 is 34.0 Å². The molecule has 0 fully saturated rings. The van der Waals surface area contributed by atoms with Gasteiger partial charge in [0, 0.05) is 19.8 Å². The van der Waals surface area contributed by atoms with Crippen LogP contribution in [-0.2, 0) is 14.1 Å². The number of hydrogen-bond acceptors (Lipinski definition) is 5. The molecule has 1 amide bonds. The monoisotopic (exact) mass is 392 g/mol. The van der Waals surface area contributed by atoms with E-state index in [9.17, 15) is 14.4 Å². The fourth-order valence-electron chi connectivity index (χ4n) is 2.98. The Hall–Kier alpha value is -3.52. The van der Waals surface area contributed by atoms with Crippen LogP contribution >= 0.6 is 11.3 Å². The van der Waals surface area contributed by atoms with Gasteiger partial charge in [-0.25, -0.2) is 9.78 Å². The molecule has 140 valence electrons. The molecule has 0 saturated heterocycles. The van der Waals surface area contributed by atoms with Crippen molar-refractivity contribution in [3.63, 3.8) is 0 Å². The van der Waals surface area contributed by atoms with Gasteiger partial charge in [0.2, 0.25) is 0 Å². The highest BCUT2D eigenvalue weighted by Crippen LogP contribution is 2.25. The summed E-state index contributed by atoms with van der Waals surface area (Å²) in [7, 11) is 2.92. The van der Waals surface area contributed by atoms with Gasteiger partial charge >= 0.3 is 5.69 Å². The number of aryl methyl sites for hydroxylation is 1. The first-order valence-corrected chi connectivity index (χ1v) is 9.41. The number of pyridine rings is 1. The fraction of sp³-hybridized carbons (Fsp3) is 0.100. The number of carbonyl (C=O) groups excluding carboxylic acids is 1. The Morgan fingerprint density at radius 2 is 1.86 bits per heavy atom. The molecule has 28 heavy (non-hydrogen) atoms. The van der Waals surface area contributed by atoms with Crippen molar-refractivity contribution in [2.75, 3.05) is 5.32 Å². The van der Waals surface area contributed by atoms with Gasteiger partial charge in [-0.3, -0.25) is 18.7 Å². The summed E-state index contributed by atoms with van der Waals surface area (Å²) in [5.41, 5.74) is 2.07. The number of hydrogen-bond donors (Lipinski definition) is 1. The molecule has 0 unspecified atom stereocenters. The summed E-state index contributed by atoms with van der Waals surface area (Å²) in [6, 6.07) is 12.5. The summed E-state index contributed by atoms with van der Waals surface area (Å²) < 4.78 is 2.27. The largest absolute Gasteiger partial charge is 0.332 e. The molecule has 0 aliphatic rings. The van der Waals surface area contributed by atoms with Crippen LogP contribution in [-0.4, -0.2) is 20.0 Å². The van der Waals surface area contributed by atoms with E-state index in [1.165, 1.54) is 30.8 Å². The predicted octanol–water partition coefficient (Wildman–Crippen LogP) is 2.61. The zero-order chi connectivity index (χ0) is 19.8. The van der Waals surface area contributed by atoms with Gasteiger partial charge in [0.1, 0.15) is 11.3 Å². The molecule has 0 aliphatic heterocycles. The first-order chi connectivity index (χ1) is 13.5. The minimum atomic E-state index is -0.494. The zero-order valence-corrected chi connectivity index (χ0v) is 16.0.